The molecule has 0 spiro atoms. The van der Waals surface area contributed by atoms with E-state index in [0.29, 0.717) is 17.7 Å². The number of esters is 1. The number of carbonyl (C=O) groups excluding carboxylic acids is 3. The van der Waals surface area contributed by atoms with Crippen molar-refractivity contribution in [3.05, 3.63) is 41.5 Å². The molecule has 4 atom stereocenters. The first kappa shape index (κ1) is 34.2. The minimum Gasteiger partial charge on any atom is -0.467 e. The lowest BCUT2D eigenvalue weighted by Crippen LogP contribution is -2.39. The number of ketones is 1. The molecule has 238 valence electrons. The van der Waals surface area contributed by atoms with Gasteiger partial charge in [0.1, 0.15) is 29.1 Å². The van der Waals surface area contributed by atoms with Gasteiger partial charge in [0.15, 0.2) is 18.4 Å². The molecular formula is C32H45NO10. The van der Waals surface area contributed by atoms with Crippen molar-refractivity contribution in [2.24, 2.45) is 5.92 Å². The number of cyclic esters (lactones) is 1. The Morgan fingerprint density at radius 1 is 1.07 bits per heavy atom. The molecule has 2 aliphatic heterocycles. The molecule has 0 radical (unpaired) electrons. The van der Waals surface area contributed by atoms with Gasteiger partial charge in [-0.3, -0.25) is 9.69 Å². The van der Waals surface area contributed by atoms with E-state index in [1.165, 1.54) is 25.2 Å². The Morgan fingerprint density at radius 3 is 2.44 bits per heavy atom. The molecular weight excluding hydrogens is 558 g/mol. The van der Waals surface area contributed by atoms with Crippen LogP contribution in [0, 0.1) is 5.92 Å². The first-order valence-corrected chi connectivity index (χ1v) is 14.4. The van der Waals surface area contributed by atoms with Gasteiger partial charge in [0.25, 0.3) is 0 Å². The predicted octanol–water partition coefficient (Wildman–Crippen LogP) is 5.30. The van der Waals surface area contributed by atoms with Crippen LogP contribution in [0.3, 0.4) is 0 Å². The summed E-state index contributed by atoms with van der Waals surface area (Å²) in [6, 6.07) is 3.26. The smallest absolute Gasteiger partial charge is 0.414 e. The molecule has 11 heteroatoms. The number of benzene rings is 1. The van der Waals surface area contributed by atoms with Crippen molar-refractivity contribution in [1.82, 2.24) is 0 Å². The summed E-state index contributed by atoms with van der Waals surface area (Å²) in [5, 5.41) is 0. The van der Waals surface area contributed by atoms with E-state index in [2.05, 4.69) is 0 Å². The first-order chi connectivity index (χ1) is 20.2. The van der Waals surface area contributed by atoms with Gasteiger partial charge in [-0.25, -0.2) is 9.59 Å². The van der Waals surface area contributed by atoms with Crippen LogP contribution in [0.25, 0.3) is 6.08 Å². The van der Waals surface area contributed by atoms with Crippen LogP contribution in [0.15, 0.2) is 30.4 Å². The fourth-order valence-electron chi connectivity index (χ4n) is 4.60. The van der Waals surface area contributed by atoms with Crippen molar-refractivity contribution in [1.29, 1.82) is 0 Å². The Morgan fingerprint density at radius 2 is 1.79 bits per heavy atom. The minimum absolute atomic E-state index is 0.155. The molecule has 1 fully saturated rings. The molecule has 0 bridgehead atoms. The van der Waals surface area contributed by atoms with E-state index >= 15 is 0 Å². The Balaban J connectivity index is 2.18. The third-order valence-electron chi connectivity index (χ3n) is 6.83. The summed E-state index contributed by atoms with van der Waals surface area (Å²) in [5.41, 5.74) is 0.244. The van der Waals surface area contributed by atoms with Gasteiger partial charge in [0.2, 0.25) is 0 Å². The average molecular weight is 604 g/mol. The molecule has 0 aromatic heterocycles. The summed E-state index contributed by atoms with van der Waals surface area (Å²) < 4.78 is 39.8. The van der Waals surface area contributed by atoms with Crippen LogP contribution in [0.1, 0.15) is 70.8 Å². The number of carbonyl (C=O) groups is 3. The van der Waals surface area contributed by atoms with E-state index in [1.54, 1.807) is 71.9 Å². The molecule has 11 nitrogen and oxygen atoms in total. The zero-order valence-corrected chi connectivity index (χ0v) is 26.6. The second-order valence-electron chi connectivity index (χ2n) is 12.0. The molecule has 0 saturated carbocycles. The topological polar surface area (TPSA) is 119 Å². The van der Waals surface area contributed by atoms with Gasteiger partial charge in [0.05, 0.1) is 24.9 Å². The number of hydrogen-bond donors (Lipinski definition) is 0. The monoisotopic (exact) mass is 603 g/mol. The van der Waals surface area contributed by atoms with Crippen LogP contribution in [-0.4, -0.2) is 81.7 Å². The number of anilines is 1. The van der Waals surface area contributed by atoms with E-state index in [-0.39, 0.29) is 43.0 Å². The lowest BCUT2D eigenvalue weighted by Gasteiger charge is -2.28. The molecule has 0 aliphatic carbocycles. The third kappa shape index (κ3) is 9.37. The van der Waals surface area contributed by atoms with Crippen molar-refractivity contribution in [2.75, 3.05) is 39.1 Å². The lowest BCUT2D eigenvalue weighted by molar-refractivity contribution is -0.152. The van der Waals surface area contributed by atoms with E-state index in [4.69, 9.17) is 33.2 Å². The van der Waals surface area contributed by atoms with Crippen molar-refractivity contribution >= 4 is 29.6 Å². The number of methoxy groups -OCH3 is 2. The van der Waals surface area contributed by atoms with Crippen LogP contribution in [0.2, 0.25) is 0 Å². The van der Waals surface area contributed by atoms with Crippen molar-refractivity contribution in [3.63, 3.8) is 0 Å². The summed E-state index contributed by atoms with van der Waals surface area (Å²) in [4.78, 5) is 41.5. The second-order valence-corrected chi connectivity index (χ2v) is 12.0. The van der Waals surface area contributed by atoms with Gasteiger partial charge in [-0.15, -0.1) is 0 Å². The van der Waals surface area contributed by atoms with Crippen molar-refractivity contribution in [3.8, 4) is 5.75 Å². The molecule has 43 heavy (non-hydrogen) atoms. The molecule has 1 amide bonds. The Bertz CT molecular complexity index is 1220. The van der Waals surface area contributed by atoms with Crippen LogP contribution in [0.4, 0.5) is 10.5 Å². The van der Waals surface area contributed by atoms with Crippen LogP contribution in [-0.2, 0) is 33.2 Å². The van der Waals surface area contributed by atoms with Gasteiger partial charge in [-0.1, -0.05) is 25.2 Å². The fourth-order valence-corrected chi connectivity index (χ4v) is 4.60. The molecule has 0 N–H and O–H groups in total. The summed E-state index contributed by atoms with van der Waals surface area (Å²) >= 11 is 0. The highest BCUT2D eigenvalue weighted by atomic mass is 16.8. The predicted molar refractivity (Wildman–Crippen MR) is 160 cm³/mol. The van der Waals surface area contributed by atoms with Gasteiger partial charge < -0.3 is 33.2 Å². The summed E-state index contributed by atoms with van der Waals surface area (Å²) in [5.74, 6) is -1.93. The molecule has 2 heterocycles. The largest absolute Gasteiger partial charge is 0.467 e. The standard InChI is InChI=1S/C32H45NO10/c1-20-13-14-24(34)28-25(41-32(6,7)42-28)12-10-11-22-17-23(33(15-16-37-8)30(36)43-31(3,4)5)18-26(39-19-38-9)27(22)29(35)40-21(20)2/h10-11,13-14,17-18,20-21,25,28H,12,15-16,19H2,1-9H3/b11-10+,14-13-/t20-,21+,25+,28-/m1/s1. The highest BCUT2D eigenvalue weighted by Gasteiger charge is 2.43. The number of fused-ring (bicyclic) bond motifs is 2. The molecule has 0 unspecified atom stereocenters. The number of rotatable bonds is 7. The average Bonchev–Trinajstić information content (AvgIpc) is 3.22. The molecule has 2 aliphatic rings. The Labute approximate surface area is 254 Å². The molecule has 3 rings (SSSR count). The quantitative estimate of drug-likeness (QED) is 0.300. The van der Waals surface area contributed by atoms with Crippen molar-refractivity contribution in [2.45, 2.75) is 84.6 Å². The van der Waals surface area contributed by atoms with Gasteiger partial charge in [-0.2, -0.15) is 0 Å². The zero-order chi connectivity index (χ0) is 31.9. The maximum atomic E-state index is 13.7. The lowest BCUT2D eigenvalue weighted by atomic mass is 9.99. The number of amides is 1. The molecule has 1 aromatic rings. The first-order valence-electron chi connectivity index (χ1n) is 14.4. The number of ether oxygens (including phenoxy) is 7. The minimum atomic E-state index is -0.944. The van der Waals surface area contributed by atoms with Crippen LogP contribution in [0.5, 0.6) is 5.75 Å². The fraction of sp³-hybridized carbons (Fsp3) is 0.594. The maximum Gasteiger partial charge on any atom is 0.414 e. The highest BCUT2D eigenvalue weighted by Crippen LogP contribution is 2.35. The zero-order valence-electron chi connectivity index (χ0n) is 26.6. The SMILES string of the molecule is COCCN(C(=O)OC(C)(C)C)c1cc2c(c(OCOC)c1)C(=O)O[C@@H](C)[C@H](C)/C=C\C(=O)[C@H]1OC(C)(C)O[C@H]1C/C=C/2. The molecule has 1 saturated heterocycles. The maximum absolute atomic E-state index is 13.7. The van der Waals surface area contributed by atoms with Gasteiger partial charge in [0, 0.05) is 26.2 Å². The van der Waals surface area contributed by atoms with Crippen molar-refractivity contribution < 1.29 is 47.5 Å². The Kier molecular flexibility index (Phi) is 11.5. The third-order valence-corrected chi connectivity index (χ3v) is 6.83. The van der Waals surface area contributed by atoms with E-state index in [9.17, 15) is 14.4 Å². The van der Waals surface area contributed by atoms with E-state index in [1.807, 2.05) is 6.92 Å². The summed E-state index contributed by atoms with van der Waals surface area (Å²) in [6.07, 6.45) is 4.46. The summed E-state index contributed by atoms with van der Waals surface area (Å²) in [7, 11) is 3.00. The summed E-state index contributed by atoms with van der Waals surface area (Å²) in [6.45, 7) is 12.7. The van der Waals surface area contributed by atoms with E-state index < -0.39 is 41.8 Å². The van der Waals surface area contributed by atoms with Gasteiger partial charge in [-0.05, 0) is 65.7 Å². The normalized spacial score (nSPS) is 25.5. The highest BCUT2D eigenvalue weighted by molar-refractivity contribution is 5.99. The second kappa shape index (κ2) is 14.5. The Hall–Kier alpha value is -3.25. The van der Waals surface area contributed by atoms with E-state index in [0.717, 1.165) is 0 Å². The van der Waals surface area contributed by atoms with Gasteiger partial charge >= 0.3 is 12.1 Å². The molecule has 1 aromatic carbocycles. The van der Waals surface area contributed by atoms with Crippen LogP contribution < -0.4 is 9.64 Å². The number of hydrogen-bond acceptors (Lipinski definition) is 10. The number of nitrogens with zero attached hydrogens (tertiary/aromatic N) is 1. The van der Waals surface area contributed by atoms with Crippen LogP contribution >= 0.6 is 0 Å².